The van der Waals surface area contributed by atoms with Crippen molar-refractivity contribution in [2.45, 2.75) is 6.54 Å². The lowest BCUT2D eigenvalue weighted by Crippen LogP contribution is -2.07. The third kappa shape index (κ3) is 2.93. The second-order valence-electron chi connectivity index (χ2n) is 3.98. The van der Waals surface area contributed by atoms with Crippen molar-refractivity contribution >= 4 is 17.3 Å². The van der Waals surface area contributed by atoms with Crippen molar-refractivity contribution in [2.75, 3.05) is 19.5 Å². The van der Waals surface area contributed by atoms with Crippen molar-refractivity contribution in [1.82, 2.24) is 9.55 Å². The number of halogens is 1. The third-order valence-electron chi connectivity index (χ3n) is 2.87. The number of hydrogen-bond donors (Lipinski definition) is 1. The van der Waals surface area contributed by atoms with Crippen LogP contribution in [-0.2, 0) is 13.6 Å². The smallest absolute Gasteiger partial charge is 0.145 e. The predicted octanol–water partition coefficient (Wildman–Crippen LogP) is 2.70. The highest BCUT2D eigenvalue weighted by molar-refractivity contribution is 6.29. The molecule has 0 bridgehead atoms. The van der Waals surface area contributed by atoms with Crippen LogP contribution < -0.4 is 14.8 Å². The number of methoxy groups -OCH3 is 2. The number of nitrogens with one attached hydrogen (secondary N) is 1. The lowest BCUT2D eigenvalue weighted by Gasteiger charge is -2.12. The van der Waals surface area contributed by atoms with Crippen LogP contribution in [0.4, 0.5) is 5.69 Å². The van der Waals surface area contributed by atoms with Gasteiger partial charge in [0.25, 0.3) is 0 Å². The van der Waals surface area contributed by atoms with Crippen LogP contribution in [0.5, 0.6) is 11.5 Å². The van der Waals surface area contributed by atoms with E-state index in [1.807, 2.05) is 29.8 Å². The summed E-state index contributed by atoms with van der Waals surface area (Å²) in [6.45, 7) is 0.561. The number of aromatic nitrogens is 2. The van der Waals surface area contributed by atoms with E-state index in [4.69, 9.17) is 21.1 Å². The molecule has 1 heterocycles. The summed E-state index contributed by atoms with van der Waals surface area (Å²) in [7, 11) is 5.12. The minimum atomic E-state index is 0.561. The zero-order valence-electron chi connectivity index (χ0n) is 11.1. The third-order valence-corrected chi connectivity index (χ3v) is 3.22. The molecule has 0 unspecified atom stereocenters. The van der Waals surface area contributed by atoms with Gasteiger partial charge >= 0.3 is 0 Å². The molecule has 1 aromatic carbocycles. The summed E-state index contributed by atoms with van der Waals surface area (Å²) >= 11 is 5.94. The summed E-state index contributed by atoms with van der Waals surface area (Å²) in [5.74, 6) is 2.32. The molecule has 0 spiro atoms. The molecule has 2 rings (SSSR count). The molecule has 1 aromatic heterocycles. The fraction of sp³-hybridized carbons (Fsp3) is 0.308. The molecule has 0 aliphatic heterocycles. The van der Waals surface area contributed by atoms with Crippen LogP contribution in [0.25, 0.3) is 0 Å². The average molecular weight is 282 g/mol. The summed E-state index contributed by atoms with van der Waals surface area (Å²) in [6.07, 6.45) is 1.63. The Bertz CT molecular complexity index is 569. The Morgan fingerprint density at radius 2 is 2.11 bits per heavy atom. The molecule has 1 N–H and O–H groups in total. The zero-order valence-corrected chi connectivity index (χ0v) is 11.9. The quantitative estimate of drug-likeness (QED) is 0.915. The van der Waals surface area contributed by atoms with Gasteiger partial charge in [0.2, 0.25) is 0 Å². The minimum absolute atomic E-state index is 0.561. The molecule has 0 fully saturated rings. The van der Waals surface area contributed by atoms with Gasteiger partial charge in [-0.1, -0.05) is 11.6 Å². The average Bonchev–Trinajstić information content (AvgIpc) is 2.76. The van der Waals surface area contributed by atoms with Gasteiger partial charge in [0.05, 0.1) is 32.6 Å². The van der Waals surface area contributed by atoms with Crippen molar-refractivity contribution in [2.24, 2.45) is 7.05 Å². The van der Waals surface area contributed by atoms with Crippen LogP contribution in [0, 0.1) is 0 Å². The van der Waals surface area contributed by atoms with Gasteiger partial charge in [-0.05, 0) is 12.1 Å². The lowest BCUT2D eigenvalue weighted by molar-refractivity contribution is 0.395. The summed E-state index contributed by atoms with van der Waals surface area (Å²) in [5.41, 5.74) is 0.877. The molecule has 0 amide bonds. The Morgan fingerprint density at radius 1 is 1.32 bits per heavy atom. The SMILES string of the molecule is COc1ccc(NCc2ncc(Cl)n2C)c(OC)c1. The lowest BCUT2D eigenvalue weighted by atomic mass is 10.2. The first-order chi connectivity index (χ1) is 9.15. The van der Waals surface area contributed by atoms with Gasteiger partial charge in [0.15, 0.2) is 0 Å². The molecule has 2 aromatic rings. The van der Waals surface area contributed by atoms with Crippen LogP contribution in [-0.4, -0.2) is 23.8 Å². The molecule has 0 aliphatic rings. The molecule has 0 saturated heterocycles. The number of ether oxygens (including phenoxy) is 2. The van der Waals surface area contributed by atoms with Crippen LogP contribution in [0.3, 0.4) is 0 Å². The fourth-order valence-corrected chi connectivity index (χ4v) is 1.85. The minimum Gasteiger partial charge on any atom is -0.497 e. The van der Waals surface area contributed by atoms with Crippen molar-refractivity contribution in [3.8, 4) is 11.5 Å². The number of anilines is 1. The van der Waals surface area contributed by atoms with Crippen molar-refractivity contribution in [3.63, 3.8) is 0 Å². The van der Waals surface area contributed by atoms with Gasteiger partial charge in [-0.25, -0.2) is 4.98 Å². The van der Waals surface area contributed by atoms with Crippen LogP contribution in [0.2, 0.25) is 5.15 Å². The monoisotopic (exact) mass is 281 g/mol. The van der Waals surface area contributed by atoms with E-state index in [0.29, 0.717) is 11.7 Å². The Kier molecular flexibility index (Phi) is 4.16. The van der Waals surface area contributed by atoms with Gasteiger partial charge in [0, 0.05) is 13.1 Å². The first kappa shape index (κ1) is 13.5. The maximum absolute atomic E-state index is 5.94. The van der Waals surface area contributed by atoms with E-state index in [1.54, 1.807) is 20.4 Å². The van der Waals surface area contributed by atoms with Gasteiger partial charge < -0.3 is 19.4 Å². The van der Waals surface area contributed by atoms with E-state index >= 15 is 0 Å². The number of rotatable bonds is 5. The molecule has 19 heavy (non-hydrogen) atoms. The highest BCUT2D eigenvalue weighted by Gasteiger charge is 2.07. The van der Waals surface area contributed by atoms with E-state index in [2.05, 4.69) is 10.3 Å². The van der Waals surface area contributed by atoms with E-state index in [9.17, 15) is 0 Å². The van der Waals surface area contributed by atoms with Crippen molar-refractivity contribution in [1.29, 1.82) is 0 Å². The maximum Gasteiger partial charge on any atom is 0.145 e. The largest absolute Gasteiger partial charge is 0.497 e. The van der Waals surface area contributed by atoms with Gasteiger partial charge in [-0.15, -0.1) is 0 Å². The van der Waals surface area contributed by atoms with E-state index in [-0.39, 0.29) is 0 Å². The number of imidazole rings is 1. The number of hydrogen-bond acceptors (Lipinski definition) is 4. The van der Waals surface area contributed by atoms with E-state index in [0.717, 1.165) is 23.0 Å². The van der Waals surface area contributed by atoms with Crippen molar-refractivity contribution < 1.29 is 9.47 Å². The first-order valence-corrected chi connectivity index (χ1v) is 6.15. The predicted molar refractivity (Wildman–Crippen MR) is 75.1 cm³/mol. The van der Waals surface area contributed by atoms with Crippen LogP contribution in [0.1, 0.15) is 5.82 Å². The highest BCUT2D eigenvalue weighted by Crippen LogP contribution is 2.29. The van der Waals surface area contributed by atoms with Gasteiger partial charge in [-0.2, -0.15) is 0 Å². The van der Waals surface area contributed by atoms with E-state index in [1.165, 1.54) is 0 Å². The van der Waals surface area contributed by atoms with Crippen LogP contribution in [0.15, 0.2) is 24.4 Å². The van der Waals surface area contributed by atoms with E-state index < -0.39 is 0 Å². The summed E-state index contributed by atoms with van der Waals surface area (Å²) < 4.78 is 12.3. The van der Waals surface area contributed by atoms with Gasteiger partial charge in [-0.3, -0.25) is 0 Å². The second kappa shape index (κ2) is 5.84. The Labute approximate surface area is 117 Å². The molecule has 0 saturated carbocycles. The summed E-state index contributed by atoms with van der Waals surface area (Å²) in [6, 6.07) is 5.60. The second-order valence-corrected chi connectivity index (χ2v) is 4.36. The van der Waals surface area contributed by atoms with Crippen molar-refractivity contribution in [3.05, 3.63) is 35.4 Å². The normalized spacial score (nSPS) is 10.3. The Balaban J connectivity index is 2.13. The molecule has 0 aliphatic carbocycles. The topological polar surface area (TPSA) is 48.3 Å². The first-order valence-electron chi connectivity index (χ1n) is 5.77. The number of nitrogens with zero attached hydrogens (tertiary/aromatic N) is 2. The standard InChI is InChI=1S/C13H16ClN3O2/c1-17-12(14)7-16-13(17)8-15-10-5-4-9(18-2)6-11(10)19-3/h4-7,15H,8H2,1-3H3. The molecule has 0 atom stereocenters. The zero-order chi connectivity index (χ0) is 13.8. The molecule has 5 nitrogen and oxygen atoms in total. The van der Waals surface area contributed by atoms with Crippen LogP contribution >= 0.6 is 11.6 Å². The molecular weight excluding hydrogens is 266 g/mol. The maximum atomic E-state index is 5.94. The number of benzene rings is 1. The Hall–Kier alpha value is -1.88. The molecule has 102 valence electrons. The van der Waals surface area contributed by atoms with Gasteiger partial charge in [0.1, 0.15) is 22.5 Å². The summed E-state index contributed by atoms with van der Waals surface area (Å²) in [5, 5.41) is 3.87. The highest BCUT2D eigenvalue weighted by atomic mass is 35.5. The molecular formula is C13H16ClN3O2. The molecule has 6 heteroatoms. The fourth-order valence-electron chi connectivity index (χ4n) is 1.71. The summed E-state index contributed by atoms with van der Waals surface area (Å²) in [4.78, 5) is 4.22. The Morgan fingerprint density at radius 3 is 2.68 bits per heavy atom. The molecule has 0 radical (unpaired) electrons.